The van der Waals surface area contributed by atoms with Gasteiger partial charge in [-0.1, -0.05) is 6.07 Å². The minimum atomic E-state index is -4.88. The summed E-state index contributed by atoms with van der Waals surface area (Å²) in [6.07, 6.45) is -5.56. The van der Waals surface area contributed by atoms with Gasteiger partial charge in [0.1, 0.15) is 17.5 Å². The Labute approximate surface area is 130 Å². The Hall–Kier alpha value is -1.96. The Balaban J connectivity index is 3.08. The molecule has 1 aromatic rings. The zero-order chi connectivity index (χ0) is 17.6. The number of hydrogen-bond donors (Lipinski definition) is 1. The number of benzene rings is 1. The van der Waals surface area contributed by atoms with Gasteiger partial charge in [0.05, 0.1) is 12.2 Å². The standard InChI is InChI=1S/C15H16F4O4/c1-2-23-14(22)10(13(21)5-6-20)7-9-3-4-12(16)11(8-9)15(17,18)19/h3-4,8,10,20H,2,5-7H2,1H3. The van der Waals surface area contributed by atoms with E-state index in [0.29, 0.717) is 12.1 Å². The van der Waals surface area contributed by atoms with Gasteiger partial charge in [0.25, 0.3) is 0 Å². The number of aliphatic hydroxyl groups excluding tert-OH is 1. The molecule has 0 aromatic heterocycles. The van der Waals surface area contributed by atoms with Crippen molar-refractivity contribution in [3.63, 3.8) is 0 Å². The second-order valence-electron chi connectivity index (χ2n) is 4.76. The Morgan fingerprint density at radius 3 is 2.48 bits per heavy atom. The van der Waals surface area contributed by atoms with Crippen molar-refractivity contribution in [1.29, 1.82) is 0 Å². The minimum Gasteiger partial charge on any atom is -0.465 e. The number of aliphatic hydroxyl groups is 1. The molecule has 0 amide bonds. The SMILES string of the molecule is CCOC(=O)C(Cc1ccc(F)c(C(F)(F)F)c1)C(=O)CCO. The van der Waals surface area contributed by atoms with Crippen LogP contribution in [0, 0.1) is 11.7 Å². The van der Waals surface area contributed by atoms with Gasteiger partial charge >= 0.3 is 12.1 Å². The molecular formula is C15H16F4O4. The third kappa shape index (κ3) is 5.31. The highest BCUT2D eigenvalue weighted by atomic mass is 19.4. The van der Waals surface area contributed by atoms with Crippen molar-refractivity contribution in [3.05, 3.63) is 35.1 Å². The van der Waals surface area contributed by atoms with E-state index in [1.807, 2.05) is 0 Å². The van der Waals surface area contributed by atoms with Gasteiger partial charge in [-0.25, -0.2) is 4.39 Å². The highest BCUT2D eigenvalue weighted by Gasteiger charge is 2.35. The van der Waals surface area contributed by atoms with Gasteiger partial charge in [-0.05, 0) is 31.0 Å². The fourth-order valence-electron chi connectivity index (χ4n) is 2.01. The van der Waals surface area contributed by atoms with Gasteiger partial charge in [0.2, 0.25) is 0 Å². The predicted octanol–water partition coefficient (Wildman–Crippen LogP) is 2.52. The van der Waals surface area contributed by atoms with Crippen LogP contribution >= 0.6 is 0 Å². The molecule has 8 heteroatoms. The van der Waals surface area contributed by atoms with Crippen LogP contribution in [-0.2, 0) is 26.9 Å². The fraction of sp³-hybridized carbons (Fsp3) is 0.467. The summed E-state index contributed by atoms with van der Waals surface area (Å²) in [5.74, 6) is -4.31. The summed E-state index contributed by atoms with van der Waals surface area (Å²) in [6.45, 7) is 1.02. The van der Waals surface area contributed by atoms with E-state index in [-0.39, 0.29) is 25.0 Å². The summed E-state index contributed by atoms with van der Waals surface area (Å²) in [6, 6.07) is 2.27. The topological polar surface area (TPSA) is 63.6 Å². The molecule has 1 atom stereocenters. The number of esters is 1. The highest BCUT2D eigenvalue weighted by Crippen LogP contribution is 2.32. The molecule has 0 spiro atoms. The molecule has 0 radical (unpaired) electrons. The molecule has 0 aliphatic rings. The number of carbonyl (C=O) groups is 2. The van der Waals surface area contributed by atoms with E-state index >= 15 is 0 Å². The first-order valence-corrected chi connectivity index (χ1v) is 6.86. The van der Waals surface area contributed by atoms with Crippen LogP contribution in [0.15, 0.2) is 18.2 Å². The molecule has 23 heavy (non-hydrogen) atoms. The van der Waals surface area contributed by atoms with E-state index in [4.69, 9.17) is 9.84 Å². The maximum Gasteiger partial charge on any atom is 0.419 e. The number of ketones is 1. The Kier molecular flexibility index (Phi) is 6.68. The summed E-state index contributed by atoms with van der Waals surface area (Å²) in [4.78, 5) is 23.6. The van der Waals surface area contributed by atoms with Crippen molar-refractivity contribution in [2.75, 3.05) is 13.2 Å². The Bertz CT molecular complexity index is 551. The van der Waals surface area contributed by atoms with Crippen molar-refractivity contribution in [2.45, 2.75) is 25.9 Å². The molecule has 0 bridgehead atoms. The first-order valence-electron chi connectivity index (χ1n) is 6.86. The Morgan fingerprint density at radius 2 is 1.96 bits per heavy atom. The molecular weight excluding hydrogens is 320 g/mol. The molecule has 0 aliphatic carbocycles. The van der Waals surface area contributed by atoms with Gasteiger partial charge in [0.15, 0.2) is 0 Å². The second-order valence-corrected chi connectivity index (χ2v) is 4.76. The van der Waals surface area contributed by atoms with Gasteiger partial charge in [-0.3, -0.25) is 9.59 Å². The highest BCUT2D eigenvalue weighted by molar-refractivity contribution is 5.99. The van der Waals surface area contributed by atoms with E-state index in [0.717, 1.165) is 6.07 Å². The molecule has 0 heterocycles. The number of halogens is 4. The summed E-state index contributed by atoms with van der Waals surface area (Å²) in [7, 11) is 0. The lowest BCUT2D eigenvalue weighted by molar-refractivity contribution is -0.151. The van der Waals surface area contributed by atoms with Crippen molar-refractivity contribution in [2.24, 2.45) is 5.92 Å². The van der Waals surface area contributed by atoms with Gasteiger partial charge < -0.3 is 9.84 Å². The number of carbonyl (C=O) groups excluding carboxylic acids is 2. The average molecular weight is 336 g/mol. The molecule has 1 rings (SSSR count). The van der Waals surface area contributed by atoms with Crippen LogP contribution in [0.2, 0.25) is 0 Å². The molecule has 1 aromatic carbocycles. The van der Waals surface area contributed by atoms with E-state index in [1.54, 1.807) is 0 Å². The molecule has 1 unspecified atom stereocenters. The Morgan fingerprint density at radius 1 is 1.30 bits per heavy atom. The van der Waals surface area contributed by atoms with Gasteiger partial charge in [-0.2, -0.15) is 13.2 Å². The van der Waals surface area contributed by atoms with Gasteiger partial charge in [-0.15, -0.1) is 0 Å². The van der Waals surface area contributed by atoms with Crippen LogP contribution in [0.25, 0.3) is 0 Å². The smallest absolute Gasteiger partial charge is 0.419 e. The molecule has 0 fully saturated rings. The lowest BCUT2D eigenvalue weighted by atomic mass is 9.92. The maximum atomic E-state index is 13.3. The van der Waals surface area contributed by atoms with Crippen LogP contribution in [0.3, 0.4) is 0 Å². The first-order chi connectivity index (χ1) is 10.7. The fourth-order valence-corrected chi connectivity index (χ4v) is 2.01. The van der Waals surface area contributed by atoms with Crippen LogP contribution in [-0.4, -0.2) is 30.1 Å². The van der Waals surface area contributed by atoms with Crippen molar-refractivity contribution < 1.29 is 37.0 Å². The summed E-state index contributed by atoms with van der Waals surface area (Å²) in [5.41, 5.74) is -1.49. The van der Waals surface area contributed by atoms with E-state index in [2.05, 4.69) is 0 Å². The normalized spacial score (nSPS) is 12.8. The number of alkyl halides is 3. The lowest BCUT2D eigenvalue weighted by Crippen LogP contribution is -2.29. The molecule has 1 N–H and O–H groups in total. The lowest BCUT2D eigenvalue weighted by Gasteiger charge is -2.15. The summed E-state index contributed by atoms with van der Waals surface area (Å²) >= 11 is 0. The average Bonchev–Trinajstić information content (AvgIpc) is 2.45. The van der Waals surface area contributed by atoms with Crippen LogP contribution in [0.1, 0.15) is 24.5 Å². The number of Topliss-reactive ketones (excluding diaryl/α,β-unsaturated/α-hetero) is 1. The third-order valence-electron chi connectivity index (χ3n) is 3.09. The summed E-state index contributed by atoms with van der Waals surface area (Å²) in [5, 5.41) is 8.78. The van der Waals surface area contributed by atoms with E-state index < -0.39 is 41.8 Å². The zero-order valence-corrected chi connectivity index (χ0v) is 12.3. The first kappa shape index (κ1) is 19.1. The predicted molar refractivity (Wildman–Crippen MR) is 71.9 cm³/mol. The van der Waals surface area contributed by atoms with Crippen LogP contribution < -0.4 is 0 Å². The van der Waals surface area contributed by atoms with Gasteiger partial charge in [0, 0.05) is 13.0 Å². The maximum absolute atomic E-state index is 13.3. The van der Waals surface area contributed by atoms with Crippen LogP contribution in [0.4, 0.5) is 17.6 Å². The molecule has 0 saturated carbocycles. The summed E-state index contributed by atoms with van der Waals surface area (Å²) < 4.78 is 56.1. The van der Waals surface area contributed by atoms with Crippen molar-refractivity contribution in [3.8, 4) is 0 Å². The quantitative estimate of drug-likeness (QED) is 0.472. The van der Waals surface area contributed by atoms with E-state index in [1.165, 1.54) is 6.92 Å². The largest absolute Gasteiger partial charge is 0.465 e. The number of hydrogen-bond acceptors (Lipinski definition) is 4. The second kappa shape index (κ2) is 8.05. The van der Waals surface area contributed by atoms with Crippen molar-refractivity contribution in [1.82, 2.24) is 0 Å². The zero-order valence-electron chi connectivity index (χ0n) is 12.3. The van der Waals surface area contributed by atoms with E-state index in [9.17, 15) is 27.2 Å². The third-order valence-corrected chi connectivity index (χ3v) is 3.09. The molecule has 128 valence electrons. The monoisotopic (exact) mass is 336 g/mol. The molecule has 4 nitrogen and oxygen atoms in total. The molecule has 0 saturated heterocycles. The number of ether oxygens (including phenoxy) is 1. The molecule has 0 aliphatic heterocycles. The number of rotatable bonds is 7. The minimum absolute atomic E-state index is 0.00103. The van der Waals surface area contributed by atoms with Crippen molar-refractivity contribution >= 4 is 11.8 Å². The van der Waals surface area contributed by atoms with Crippen LogP contribution in [0.5, 0.6) is 0 Å².